The van der Waals surface area contributed by atoms with Crippen LogP contribution in [0.1, 0.15) is 70.5 Å². The van der Waals surface area contributed by atoms with Gasteiger partial charge in [0.05, 0.1) is 6.04 Å². The van der Waals surface area contributed by atoms with E-state index in [9.17, 15) is 19.2 Å². The lowest BCUT2D eigenvalue weighted by Crippen LogP contribution is -2.64. The number of nitrogens with one attached hydrogen (secondary N) is 2. The fraction of sp³-hybridized carbons (Fsp3) is 0.467. The summed E-state index contributed by atoms with van der Waals surface area (Å²) in [6.45, 7) is 8.84. The summed E-state index contributed by atoms with van der Waals surface area (Å²) in [7, 11) is 0. The van der Waals surface area contributed by atoms with Gasteiger partial charge in [0, 0.05) is 19.5 Å². The molecule has 2 N–H and O–H groups in total. The molecule has 2 aromatic carbocycles. The molecule has 1 aliphatic heterocycles. The van der Waals surface area contributed by atoms with E-state index in [0.717, 1.165) is 18.4 Å². The largest absolute Gasteiger partial charge is 0.427 e. The predicted octanol–water partition coefficient (Wildman–Crippen LogP) is 4.55. The molecule has 3 rings (SSSR count). The number of carbonyl (C=O) groups excluding carboxylic acids is 4. The van der Waals surface area contributed by atoms with E-state index >= 15 is 0 Å². The van der Waals surface area contributed by atoms with Crippen LogP contribution >= 0.6 is 0 Å². The van der Waals surface area contributed by atoms with Crippen molar-refractivity contribution in [1.29, 1.82) is 0 Å². The second kappa shape index (κ2) is 12.8. The molecule has 2 amide bonds. The van der Waals surface area contributed by atoms with Gasteiger partial charge in [0.15, 0.2) is 11.3 Å². The average Bonchev–Trinajstić information content (AvgIpc) is 3.39. The Labute approximate surface area is 225 Å². The van der Waals surface area contributed by atoms with Crippen molar-refractivity contribution in [3.05, 3.63) is 71.8 Å². The van der Waals surface area contributed by atoms with Crippen molar-refractivity contribution >= 4 is 23.6 Å². The van der Waals surface area contributed by atoms with Crippen LogP contribution in [0.15, 0.2) is 60.7 Å². The first kappa shape index (κ1) is 29.0. The van der Waals surface area contributed by atoms with Gasteiger partial charge in [0.2, 0.25) is 0 Å². The Morgan fingerprint density at radius 2 is 1.47 bits per heavy atom. The molecule has 0 aliphatic carbocycles. The van der Waals surface area contributed by atoms with Gasteiger partial charge in [0.1, 0.15) is 0 Å². The van der Waals surface area contributed by atoms with Gasteiger partial charge in [-0.25, -0.2) is 4.79 Å². The standard InChI is InChI=1S/C30H39N3O5/c1-22(24-15-9-6-10-16-24)31-27(36)26(35)30(18-17-29(2,3)4,25(34)21-23-13-7-5-8-14-23)32-28(37)38-33-19-11-12-20-33/h5-10,13-16,22H,11-12,17-21H2,1-4H3,(H,31,36)(H,32,37)/t22-,30+/m1/s1. The molecule has 8 nitrogen and oxygen atoms in total. The van der Waals surface area contributed by atoms with Gasteiger partial charge in [-0.05, 0) is 49.1 Å². The average molecular weight is 522 g/mol. The lowest BCUT2D eigenvalue weighted by atomic mass is 9.76. The first-order valence-electron chi connectivity index (χ1n) is 13.2. The van der Waals surface area contributed by atoms with Gasteiger partial charge in [-0.15, -0.1) is 5.06 Å². The number of nitrogens with zero attached hydrogens (tertiary/aromatic N) is 1. The third-order valence-electron chi connectivity index (χ3n) is 6.77. The van der Waals surface area contributed by atoms with Gasteiger partial charge < -0.3 is 10.2 Å². The van der Waals surface area contributed by atoms with Crippen molar-refractivity contribution < 1.29 is 24.0 Å². The summed E-state index contributed by atoms with van der Waals surface area (Å²) >= 11 is 0. The van der Waals surface area contributed by atoms with Crippen LogP contribution in [0.4, 0.5) is 4.79 Å². The summed E-state index contributed by atoms with van der Waals surface area (Å²) in [6, 6.07) is 17.7. The fourth-order valence-electron chi connectivity index (χ4n) is 4.44. The Morgan fingerprint density at radius 1 is 0.895 bits per heavy atom. The quantitative estimate of drug-likeness (QED) is 0.332. The molecule has 0 bridgehead atoms. The van der Waals surface area contributed by atoms with Crippen LogP contribution in [-0.4, -0.2) is 47.3 Å². The van der Waals surface area contributed by atoms with Crippen LogP contribution in [0.2, 0.25) is 0 Å². The van der Waals surface area contributed by atoms with E-state index in [2.05, 4.69) is 10.6 Å². The number of hydroxylamine groups is 2. The number of carbonyl (C=O) groups is 4. The molecular formula is C30H39N3O5. The van der Waals surface area contributed by atoms with Crippen LogP contribution in [-0.2, 0) is 25.6 Å². The number of hydrogen-bond acceptors (Lipinski definition) is 6. The fourth-order valence-corrected chi connectivity index (χ4v) is 4.44. The van der Waals surface area contributed by atoms with Crippen molar-refractivity contribution in [1.82, 2.24) is 15.7 Å². The summed E-state index contributed by atoms with van der Waals surface area (Å²) in [5.41, 5.74) is -0.864. The van der Waals surface area contributed by atoms with Gasteiger partial charge >= 0.3 is 6.09 Å². The maximum absolute atomic E-state index is 13.9. The lowest BCUT2D eigenvalue weighted by Gasteiger charge is -2.34. The van der Waals surface area contributed by atoms with Crippen molar-refractivity contribution in [2.24, 2.45) is 5.41 Å². The molecule has 38 heavy (non-hydrogen) atoms. The minimum Gasteiger partial charge on any atom is -0.351 e. The molecule has 2 atom stereocenters. The highest BCUT2D eigenvalue weighted by molar-refractivity contribution is 6.45. The molecule has 0 spiro atoms. The molecule has 1 saturated heterocycles. The predicted molar refractivity (Wildman–Crippen MR) is 145 cm³/mol. The van der Waals surface area contributed by atoms with E-state index < -0.39 is 35.1 Å². The Hall–Kier alpha value is -3.52. The minimum absolute atomic E-state index is 0.0385. The normalized spacial score (nSPS) is 16.2. The molecule has 0 unspecified atom stereocenters. The molecule has 0 radical (unpaired) electrons. The van der Waals surface area contributed by atoms with Crippen molar-refractivity contribution in [3.63, 3.8) is 0 Å². The number of ketones is 2. The molecule has 2 aromatic rings. The van der Waals surface area contributed by atoms with Gasteiger partial charge in [-0.1, -0.05) is 81.4 Å². The zero-order valence-electron chi connectivity index (χ0n) is 22.8. The second-order valence-electron chi connectivity index (χ2n) is 11.1. The Morgan fingerprint density at radius 3 is 2.05 bits per heavy atom. The van der Waals surface area contributed by atoms with Gasteiger partial charge in [0.25, 0.3) is 11.7 Å². The summed E-state index contributed by atoms with van der Waals surface area (Å²) in [4.78, 5) is 59.7. The molecule has 0 aromatic heterocycles. The van der Waals surface area contributed by atoms with Crippen LogP contribution in [0.25, 0.3) is 0 Å². The number of benzene rings is 2. The highest BCUT2D eigenvalue weighted by atomic mass is 16.7. The highest BCUT2D eigenvalue weighted by Gasteiger charge is 2.50. The third-order valence-corrected chi connectivity index (χ3v) is 6.77. The maximum atomic E-state index is 13.9. The van der Waals surface area contributed by atoms with E-state index in [4.69, 9.17) is 4.84 Å². The minimum atomic E-state index is -2.08. The first-order chi connectivity index (χ1) is 18.0. The van der Waals surface area contributed by atoms with Gasteiger partial charge in [-0.3, -0.25) is 19.7 Å². The van der Waals surface area contributed by atoms with E-state index in [0.29, 0.717) is 25.1 Å². The Kier molecular flexibility index (Phi) is 9.80. The zero-order chi connectivity index (χ0) is 27.8. The van der Waals surface area contributed by atoms with Crippen LogP contribution in [0, 0.1) is 5.41 Å². The lowest BCUT2D eigenvalue weighted by molar-refractivity contribution is -0.147. The SMILES string of the molecule is C[C@@H](NC(=O)C(=O)[C@@](CCC(C)(C)C)(NC(=O)ON1CCCC1)C(=O)Cc1ccccc1)c1ccccc1. The smallest absolute Gasteiger partial charge is 0.351 e. The summed E-state index contributed by atoms with van der Waals surface area (Å²) < 4.78 is 0. The number of hydrogen-bond donors (Lipinski definition) is 2. The highest BCUT2D eigenvalue weighted by Crippen LogP contribution is 2.29. The van der Waals surface area contributed by atoms with E-state index in [1.54, 1.807) is 31.2 Å². The van der Waals surface area contributed by atoms with Crippen LogP contribution in [0.5, 0.6) is 0 Å². The van der Waals surface area contributed by atoms with Crippen LogP contribution < -0.4 is 10.6 Å². The third kappa shape index (κ3) is 7.99. The summed E-state index contributed by atoms with van der Waals surface area (Å²) in [5, 5.41) is 6.81. The topological polar surface area (TPSA) is 105 Å². The molecule has 1 heterocycles. The van der Waals surface area contributed by atoms with Crippen LogP contribution in [0.3, 0.4) is 0 Å². The van der Waals surface area contributed by atoms with Crippen molar-refractivity contribution in [2.45, 2.75) is 71.4 Å². The Bertz CT molecular complexity index is 1110. The van der Waals surface area contributed by atoms with E-state index in [-0.39, 0.29) is 18.3 Å². The molecule has 0 saturated carbocycles. The van der Waals surface area contributed by atoms with Crippen molar-refractivity contribution in [2.75, 3.05) is 13.1 Å². The summed E-state index contributed by atoms with van der Waals surface area (Å²) in [6.07, 6.45) is 1.10. The van der Waals surface area contributed by atoms with E-state index in [1.807, 2.05) is 57.2 Å². The van der Waals surface area contributed by atoms with Crippen molar-refractivity contribution in [3.8, 4) is 0 Å². The first-order valence-corrected chi connectivity index (χ1v) is 13.2. The number of amides is 2. The summed E-state index contributed by atoms with van der Waals surface area (Å²) in [5.74, 6) is -2.49. The Balaban J connectivity index is 1.94. The van der Waals surface area contributed by atoms with Gasteiger partial charge in [-0.2, -0.15) is 0 Å². The molecule has 1 aliphatic rings. The number of rotatable bonds is 11. The zero-order valence-corrected chi connectivity index (χ0v) is 22.8. The molecular weight excluding hydrogens is 482 g/mol. The molecule has 1 fully saturated rings. The second-order valence-corrected chi connectivity index (χ2v) is 11.1. The molecule has 8 heteroatoms. The molecule has 204 valence electrons. The maximum Gasteiger partial charge on any atom is 0.427 e. The monoisotopic (exact) mass is 521 g/mol. The van der Waals surface area contributed by atoms with E-state index in [1.165, 1.54) is 5.06 Å². The number of Topliss-reactive ketones (excluding diaryl/α,β-unsaturated/α-hetero) is 2.